The molecule has 190 valence electrons. The van der Waals surface area contributed by atoms with E-state index in [9.17, 15) is 9.59 Å². The normalized spacial score (nSPS) is 14.9. The van der Waals surface area contributed by atoms with Crippen molar-refractivity contribution in [1.82, 2.24) is 34.9 Å². The molecule has 5 rings (SSSR count). The number of aromatic amines is 1. The number of ether oxygens (including phenoxy) is 1. The summed E-state index contributed by atoms with van der Waals surface area (Å²) >= 11 is 0. The summed E-state index contributed by atoms with van der Waals surface area (Å²) in [7, 11) is 1.89. The zero-order valence-corrected chi connectivity index (χ0v) is 21.4. The van der Waals surface area contributed by atoms with Gasteiger partial charge in [0.15, 0.2) is 16.9 Å². The molecule has 0 bridgehead atoms. The van der Waals surface area contributed by atoms with Crippen molar-refractivity contribution in [3.05, 3.63) is 36.2 Å². The Bertz CT molecular complexity index is 1570. The quantitative estimate of drug-likeness (QED) is 0.438. The number of rotatable bonds is 4. The van der Waals surface area contributed by atoms with Crippen molar-refractivity contribution in [1.29, 1.82) is 5.26 Å². The highest BCUT2D eigenvalue weighted by Gasteiger charge is 2.33. The van der Waals surface area contributed by atoms with Gasteiger partial charge in [-0.3, -0.25) is 9.48 Å². The number of H-pyrrole nitrogens is 1. The molecular formula is C26H28N8O3. The third-order valence-electron chi connectivity index (χ3n) is 6.59. The first-order valence-corrected chi connectivity index (χ1v) is 12.0. The lowest BCUT2D eigenvalue weighted by molar-refractivity contribution is -0.137. The number of benzene rings is 1. The van der Waals surface area contributed by atoms with Crippen molar-refractivity contribution in [2.24, 2.45) is 13.0 Å². The predicted molar refractivity (Wildman–Crippen MR) is 137 cm³/mol. The van der Waals surface area contributed by atoms with Crippen LogP contribution in [0, 0.1) is 17.2 Å². The Balaban J connectivity index is 1.37. The van der Waals surface area contributed by atoms with Gasteiger partial charge >= 0.3 is 6.09 Å². The van der Waals surface area contributed by atoms with Gasteiger partial charge in [0.05, 0.1) is 23.7 Å². The second kappa shape index (κ2) is 8.89. The summed E-state index contributed by atoms with van der Waals surface area (Å²) in [4.78, 5) is 38.6. The standard InChI is InChI=1S/C26H28N8O3/c1-14(24(35)34-12-15(9-27)13-34)30-25(36)37-20-11-29-23-22(20)31-18(10-28-23)21-17-7-6-16(26(2,3)4)8-19(17)33(5)32-21/h6-8,10-11,14-15H,12-13H2,1-5H3,(H,28,29)(H,30,36)/t14-/m1/s1. The van der Waals surface area contributed by atoms with Crippen LogP contribution in [0.4, 0.5) is 4.79 Å². The molecule has 37 heavy (non-hydrogen) atoms. The fraction of sp³-hybridized carbons (Fsp3) is 0.385. The average molecular weight is 501 g/mol. The second-order valence-corrected chi connectivity index (χ2v) is 10.4. The van der Waals surface area contributed by atoms with Crippen LogP contribution in [0.25, 0.3) is 33.5 Å². The van der Waals surface area contributed by atoms with E-state index in [1.807, 2.05) is 17.8 Å². The third-order valence-corrected chi connectivity index (χ3v) is 6.59. The first-order chi connectivity index (χ1) is 17.5. The van der Waals surface area contributed by atoms with Crippen molar-refractivity contribution in [2.45, 2.75) is 39.2 Å². The van der Waals surface area contributed by atoms with E-state index in [1.165, 1.54) is 16.7 Å². The first kappa shape index (κ1) is 24.2. The van der Waals surface area contributed by atoms with Crippen LogP contribution in [0.3, 0.4) is 0 Å². The van der Waals surface area contributed by atoms with Crippen LogP contribution in [0.15, 0.2) is 30.6 Å². The van der Waals surface area contributed by atoms with Gasteiger partial charge in [-0.1, -0.05) is 32.9 Å². The van der Waals surface area contributed by atoms with Gasteiger partial charge in [0.25, 0.3) is 0 Å². The molecule has 3 aromatic heterocycles. The number of aryl methyl sites for hydroxylation is 1. The largest absolute Gasteiger partial charge is 0.413 e. The van der Waals surface area contributed by atoms with E-state index in [1.54, 1.807) is 13.1 Å². The van der Waals surface area contributed by atoms with Gasteiger partial charge < -0.3 is 19.9 Å². The Morgan fingerprint density at radius 2 is 2.05 bits per heavy atom. The summed E-state index contributed by atoms with van der Waals surface area (Å²) in [5, 5.41) is 17.1. The van der Waals surface area contributed by atoms with Gasteiger partial charge in [-0.2, -0.15) is 10.4 Å². The number of hydrogen-bond acceptors (Lipinski definition) is 7. The molecule has 1 fully saturated rings. The fourth-order valence-corrected chi connectivity index (χ4v) is 4.36. The van der Waals surface area contributed by atoms with Crippen LogP contribution in [-0.2, 0) is 17.3 Å². The van der Waals surface area contributed by atoms with E-state index in [0.717, 1.165) is 10.9 Å². The molecule has 1 aliphatic heterocycles. The van der Waals surface area contributed by atoms with Crippen LogP contribution in [-0.4, -0.2) is 60.8 Å². The van der Waals surface area contributed by atoms with E-state index >= 15 is 0 Å². The Morgan fingerprint density at radius 1 is 1.30 bits per heavy atom. The molecule has 0 spiro atoms. The topological polar surface area (TPSA) is 142 Å². The number of amides is 2. The number of nitriles is 1. The number of nitrogens with zero attached hydrogens (tertiary/aromatic N) is 6. The van der Waals surface area contributed by atoms with Gasteiger partial charge in [-0.05, 0) is 24.0 Å². The maximum atomic E-state index is 12.5. The zero-order chi connectivity index (χ0) is 26.5. The Morgan fingerprint density at radius 3 is 2.76 bits per heavy atom. The smallest absolute Gasteiger partial charge is 0.406 e. The van der Waals surface area contributed by atoms with Crippen LogP contribution < -0.4 is 10.1 Å². The molecule has 1 aliphatic rings. The van der Waals surface area contributed by atoms with Crippen LogP contribution in [0.5, 0.6) is 5.75 Å². The summed E-state index contributed by atoms with van der Waals surface area (Å²) < 4.78 is 7.29. The Kier molecular flexibility index (Phi) is 5.82. The van der Waals surface area contributed by atoms with Crippen molar-refractivity contribution in [3.8, 4) is 23.2 Å². The van der Waals surface area contributed by atoms with Crippen molar-refractivity contribution in [3.63, 3.8) is 0 Å². The predicted octanol–water partition coefficient (Wildman–Crippen LogP) is 3.27. The molecule has 4 aromatic rings. The molecule has 11 nitrogen and oxygen atoms in total. The highest BCUT2D eigenvalue weighted by atomic mass is 16.6. The summed E-state index contributed by atoms with van der Waals surface area (Å²) in [6.45, 7) is 8.82. The fourth-order valence-electron chi connectivity index (χ4n) is 4.36. The van der Waals surface area contributed by atoms with Crippen LogP contribution >= 0.6 is 0 Å². The van der Waals surface area contributed by atoms with E-state index in [-0.39, 0.29) is 23.0 Å². The van der Waals surface area contributed by atoms with Crippen LogP contribution in [0.2, 0.25) is 0 Å². The number of likely N-dealkylation sites (tertiary alicyclic amines) is 1. The monoisotopic (exact) mass is 500 g/mol. The number of carbonyl (C=O) groups is 2. The molecule has 0 radical (unpaired) electrons. The highest BCUT2D eigenvalue weighted by Crippen LogP contribution is 2.32. The number of hydrogen-bond donors (Lipinski definition) is 2. The molecule has 4 heterocycles. The highest BCUT2D eigenvalue weighted by molar-refractivity contribution is 5.94. The number of fused-ring (bicyclic) bond motifs is 2. The minimum atomic E-state index is -0.795. The molecule has 0 aliphatic carbocycles. The van der Waals surface area contributed by atoms with E-state index in [4.69, 9.17) is 15.0 Å². The molecule has 0 saturated carbocycles. The third kappa shape index (κ3) is 4.46. The van der Waals surface area contributed by atoms with Crippen molar-refractivity contribution < 1.29 is 14.3 Å². The summed E-state index contributed by atoms with van der Waals surface area (Å²) in [5.74, 6) is -0.231. The lowest BCUT2D eigenvalue weighted by atomic mass is 9.86. The van der Waals surface area contributed by atoms with Crippen molar-refractivity contribution >= 4 is 34.1 Å². The molecule has 2 amide bonds. The molecule has 1 saturated heterocycles. The zero-order valence-electron chi connectivity index (χ0n) is 21.4. The molecule has 0 unspecified atom stereocenters. The van der Waals surface area contributed by atoms with Gasteiger partial charge in [0.2, 0.25) is 5.91 Å². The lowest BCUT2D eigenvalue weighted by Crippen LogP contribution is -2.56. The van der Waals surface area contributed by atoms with E-state index < -0.39 is 12.1 Å². The Labute approximate surface area is 213 Å². The van der Waals surface area contributed by atoms with E-state index in [0.29, 0.717) is 35.6 Å². The minimum Gasteiger partial charge on any atom is -0.406 e. The maximum Gasteiger partial charge on any atom is 0.413 e. The molecule has 2 N–H and O–H groups in total. The molecule has 11 heteroatoms. The summed E-state index contributed by atoms with van der Waals surface area (Å²) in [6.07, 6.45) is 2.34. The van der Waals surface area contributed by atoms with Gasteiger partial charge in [-0.15, -0.1) is 0 Å². The Hall–Kier alpha value is -4.46. The van der Waals surface area contributed by atoms with Crippen molar-refractivity contribution in [2.75, 3.05) is 13.1 Å². The summed E-state index contributed by atoms with van der Waals surface area (Å²) in [6, 6.07) is 7.60. The van der Waals surface area contributed by atoms with Gasteiger partial charge in [0.1, 0.15) is 17.4 Å². The number of nitrogens with one attached hydrogen (secondary N) is 2. The average Bonchev–Trinajstić information content (AvgIpc) is 3.37. The second-order valence-electron chi connectivity index (χ2n) is 10.4. The molecule has 1 aromatic carbocycles. The van der Waals surface area contributed by atoms with Crippen LogP contribution in [0.1, 0.15) is 33.3 Å². The molecular weight excluding hydrogens is 472 g/mol. The first-order valence-electron chi connectivity index (χ1n) is 12.0. The number of carbonyl (C=O) groups excluding carboxylic acids is 2. The maximum absolute atomic E-state index is 12.5. The van der Waals surface area contributed by atoms with Gasteiger partial charge in [0, 0.05) is 31.7 Å². The lowest BCUT2D eigenvalue weighted by Gasteiger charge is -2.36. The van der Waals surface area contributed by atoms with E-state index in [2.05, 4.69) is 59.4 Å². The summed E-state index contributed by atoms with van der Waals surface area (Å²) in [5.41, 5.74) is 4.23. The minimum absolute atomic E-state index is 0.00565. The molecule has 1 atom stereocenters. The number of aromatic nitrogens is 5. The SMILES string of the molecule is C[C@@H](NC(=O)Oc1c[nH]c2ncc(-c3nn(C)c4cc(C(C)(C)C)ccc34)nc12)C(=O)N1CC(C#N)C1. The van der Waals surface area contributed by atoms with Gasteiger partial charge in [-0.25, -0.2) is 14.8 Å².